The van der Waals surface area contributed by atoms with Gasteiger partial charge >= 0.3 is 0 Å². The number of alkyl halides is 1. The molecule has 2 rings (SSSR count). The average molecular weight is 207 g/mol. The van der Waals surface area contributed by atoms with Crippen LogP contribution in [0.15, 0.2) is 24.3 Å². The second-order valence-electron chi connectivity index (χ2n) is 4.49. The van der Waals surface area contributed by atoms with Crippen molar-refractivity contribution in [3.63, 3.8) is 0 Å². The van der Waals surface area contributed by atoms with E-state index in [1.54, 1.807) is 0 Å². The van der Waals surface area contributed by atoms with Gasteiger partial charge in [-0.1, -0.05) is 24.3 Å². The Kier molecular flexibility index (Phi) is 3.06. The molecule has 1 nitrogen and oxygen atoms in total. The van der Waals surface area contributed by atoms with Gasteiger partial charge < -0.3 is 5.73 Å². The second-order valence-corrected chi connectivity index (χ2v) is 4.49. The first-order chi connectivity index (χ1) is 7.23. The summed E-state index contributed by atoms with van der Waals surface area (Å²) in [7, 11) is 0. The molecule has 0 aromatic heterocycles. The molecule has 0 amide bonds. The molecule has 0 saturated heterocycles. The fourth-order valence-corrected chi connectivity index (χ4v) is 2.21. The van der Waals surface area contributed by atoms with Crippen molar-refractivity contribution in [2.24, 2.45) is 5.73 Å². The summed E-state index contributed by atoms with van der Waals surface area (Å²) in [4.78, 5) is 0. The van der Waals surface area contributed by atoms with Crippen molar-refractivity contribution < 1.29 is 4.39 Å². The van der Waals surface area contributed by atoms with Crippen molar-refractivity contribution in [2.75, 3.05) is 6.54 Å². The molecule has 1 saturated carbocycles. The summed E-state index contributed by atoms with van der Waals surface area (Å²) in [5.41, 5.74) is 6.98. The van der Waals surface area contributed by atoms with Gasteiger partial charge in [-0.2, -0.15) is 0 Å². The molecule has 0 spiro atoms. The average Bonchev–Trinajstić information content (AvgIpc) is 2.19. The fraction of sp³-hybridized carbons (Fsp3) is 0.538. The zero-order valence-electron chi connectivity index (χ0n) is 9.01. The van der Waals surface area contributed by atoms with E-state index in [4.69, 9.17) is 5.73 Å². The molecule has 1 fully saturated rings. The Morgan fingerprint density at radius 3 is 2.40 bits per heavy atom. The zero-order chi connectivity index (χ0) is 10.7. The van der Waals surface area contributed by atoms with Crippen LogP contribution in [0.3, 0.4) is 0 Å². The Hall–Kier alpha value is -0.890. The summed E-state index contributed by atoms with van der Waals surface area (Å²) >= 11 is 0. The number of hydrogen-bond acceptors (Lipinski definition) is 1. The molecule has 0 atom stereocenters. The zero-order valence-corrected chi connectivity index (χ0v) is 9.01. The van der Waals surface area contributed by atoms with Crippen LogP contribution in [-0.2, 0) is 12.8 Å². The molecule has 0 radical (unpaired) electrons. The molecule has 0 bridgehead atoms. The van der Waals surface area contributed by atoms with Crippen LogP contribution in [0.4, 0.5) is 4.39 Å². The Bertz CT molecular complexity index is 331. The molecule has 15 heavy (non-hydrogen) atoms. The molecule has 1 aliphatic carbocycles. The van der Waals surface area contributed by atoms with E-state index in [2.05, 4.69) is 6.07 Å². The first-order valence-electron chi connectivity index (χ1n) is 5.69. The minimum Gasteiger partial charge on any atom is -0.330 e. The Morgan fingerprint density at radius 2 is 1.87 bits per heavy atom. The third-order valence-electron chi connectivity index (χ3n) is 3.29. The van der Waals surface area contributed by atoms with Gasteiger partial charge in [-0.3, -0.25) is 0 Å². The molecule has 2 N–H and O–H groups in total. The third kappa shape index (κ3) is 2.37. The molecular formula is C13H18FN. The number of hydrogen-bond donors (Lipinski definition) is 1. The Balaban J connectivity index is 2.12. The van der Waals surface area contributed by atoms with Crippen LogP contribution in [0.1, 0.15) is 30.4 Å². The van der Waals surface area contributed by atoms with Gasteiger partial charge in [0.1, 0.15) is 5.67 Å². The lowest BCUT2D eigenvalue weighted by Gasteiger charge is -2.34. The maximum Gasteiger partial charge on any atom is 0.115 e. The SMILES string of the molecule is NCCc1ccccc1CC1(F)CCC1. The van der Waals surface area contributed by atoms with Gasteiger partial charge in [0.2, 0.25) is 0 Å². The van der Waals surface area contributed by atoms with Crippen molar-refractivity contribution >= 4 is 0 Å². The van der Waals surface area contributed by atoms with Gasteiger partial charge in [0.25, 0.3) is 0 Å². The first kappa shape index (κ1) is 10.6. The molecule has 0 unspecified atom stereocenters. The van der Waals surface area contributed by atoms with E-state index in [-0.39, 0.29) is 0 Å². The maximum atomic E-state index is 14.0. The number of benzene rings is 1. The van der Waals surface area contributed by atoms with Gasteiger partial charge in [-0.25, -0.2) is 4.39 Å². The summed E-state index contributed by atoms with van der Waals surface area (Å²) < 4.78 is 14.0. The largest absolute Gasteiger partial charge is 0.330 e. The molecule has 0 heterocycles. The number of nitrogens with two attached hydrogens (primary N) is 1. The van der Waals surface area contributed by atoms with Crippen molar-refractivity contribution in [1.82, 2.24) is 0 Å². The summed E-state index contributed by atoms with van der Waals surface area (Å²) in [6, 6.07) is 8.08. The highest BCUT2D eigenvalue weighted by molar-refractivity contribution is 5.29. The van der Waals surface area contributed by atoms with E-state index in [0.717, 1.165) is 31.2 Å². The topological polar surface area (TPSA) is 26.0 Å². The molecule has 82 valence electrons. The molecular weight excluding hydrogens is 189 g/mol. The normalized spacial score (nSPS) is 18.5. The van der Waals surface area contributed by atoms with Gasteiger partial charge in [0.05, 0.1) is 0 Å². The monoisotopic (exact) mass is 207 g/mol. The van der Waals surface area contributed by atoms with Crippen molar-refractivity contribution in [3.8, 4) is 0 Å². The first-order valence-corrected chi connectivity index (χ1v) is 5.69. The predicted octanol–water partition coefficient (Wildman–Crippen LogP) is 2.62. The summed E-state index contributed by atoms with van der Waals surface area (Å²) in [5, 5.41) is 0. The van der Waals surface area contributed by atoms with Crippen LogP contribution in [0.25, 0.3) is 0 Å². The summed E-state index contributed by atoms with van der Waals surface area (Å²) in [5.74, 6) is 0. The lowest BCUT2D eigenvalue weighted by Crippen LogP contribution is -2.34. The predicted molar refractivity (Wildman–Crippen MR) is 60.6 cm³/mol. The highest BCUT2D eigenvalue weighted by atomic mass is 19.1. The van der Waals surface area contributed by atoms with Crippen LogP contribution >= 0.6 is 0 Å². The minimum atomic E-state index is -0.926. The van der Waals surface area contributed by atoms with Crippen LogP contribution in [0.5, 0.6) is 0 Å². The van der Waals surface area contributed by atoms with Gasteiger partial charge in [0.15, 0.2) is 0 Å². The molecule has 0 aliphatic heterocycles. The van der Waals surface area contributed by atoms with Gasteiger partial charge in [0, 0.05) is 6.42 Å². The number of rotatable bonds is 4. The molecule has 2 heteroatoms. The second kappa shape index (κ2) is 4.31. The van der Waals surface area contributed by atoms with Gasteiger partial charge in [-0.05, 0) is 43.4 Å². The lowest BCUT2D eigenvalue weighted by molar-refractivity contribution is 0.0639. The van der Waals surface area contributed by atoms with Crippen molar-refractivity contribution in [1.29, 1.82) is 0 Å². The van der Waals surface area contributed by atoms with Crippen LogP contribution < -0.4 is 5.73 Å². The quantitative estimate of drug-likeness (QED) is 0.807. The fourth-order valence-electron chi connectivity index (χ4n) is 2.21. The van der Waals surface area contributed by atoms with E-state index in [1.807, 2.05) is 18.2 Å². The molecule has 1 aromatic rings. The van der Waals surface area contributed by atoms with Crippen molar-refractivity contribution in [2.45, 2.75) is 37.8 Å². The summed E-state index contributed by atoms with van der Waals surface area (Å²) in [6.45, 7) is 0.635. The van der Waals surface area contributed by atoms with Crippen LogP contribution in [0, 0.1) is 0 Å². The summed E-state index contributed by atoms with van der Waals surface area (Å²) in [6.07, 6.45) is 3.92. The van der Waals surface area contributed by atoms with Crippen molar-refractivity contribution in [3.05, 3.63) is 35.4 Å². The third-order valence-corrected chi connectivity index (χ3v) is 3.29. The highest BCUT2D eigenvalue weighted by Gasteiger charge is 2.37. The van der Waals surface area contributed by atoms with E-state index in [1.165, 1.54) is 5.56 Å². The van der Waals surface area contributed by atoms with Crippen LogP contribution in [-0.4, -0.2) is 12.2 Å². The Labute approximate surface area is 90.5 Å². The Morgan fingerprint density at radius 1 is 1.20 bits per heavy atom. The van der Waals surface area contributed by atoms with Crippen LogP contribution in [0.2, 0.25) is 0 Å². The molecule has 1 aliphatic rings. The minimum absolute atomic E-state index is 0.573. The van der Waals surface area contributed by atoms with E-state index >= 15 is 0 Å². The van der Waals surface area contributed by atoms with E-state index in [9.17, 15) is 4.39 Å². The van der Waals surface area contributed by atoms with Gasteiger partial charge in [-0.15, -0.1) is 0 Å². The number of halogens is 1. The van der Waals surface area contributed by atoms with E-state index < -0.39 is 5.67 Å². The standard InChI is InChI=1S/C13H18FN/c14-13(7-3-8-13)10-12-5-2-1-4-11(12)6-9-15/h1-2,4-5H,3,6-10,15H2. The maximum absolute atomic E-state index is 14.0. The molecule has 1 aromatic carbocycles. The van der Waals surface area contributed by atoms with E-state index in [0.29, 0.717) is 13.0 Å². The lowest BCUT2D eigenvalue weighted by atomic mass is 9.77. The highest BCUT2D eigenvalue weighted by Crippen LogP contribution is 2.39. The smallest absolute Gasteiger partial charge is 0.115 e.